The summed E-state index contributed by atoms with van der Waals surface area (Å²) >= 11 is 0. The molecule has 140 valence electrons. The summed E-state index contributed by atoms with van der Waals surface area (Å²) in [5.41, 5.74) is 1.49. The van der Waals surface area contributed by atoms with Crippen LogP contribution in [0.3, 0.4) is 0 Å². The van der Waals surface area contributed by atoms with Crippen molar-refractivity contribution in [1.82, 2.24) is 0 Å². The van der Waals surface area contributed by atoms with E-state index in [9.17, 15) is 13.6 Å². The van der Waals surface area contributed by atoms with Gasteiger partial charge in [-0.2, -0.15) is 0 Å². The predicted octanol–water partition coefficient (Wildman–Crippen LogP) is 3.99. The van der Waals surface area contributed by atoms with Gasteiger partial charge in [-0.25, -0.2) is 8.78 Å². The maximum atomic E-state index is 14.4. The van der Waals surface area contributed by atoms with E-state index < -0.39 is 17.6 Å². The monoisotopic (exact) mass is 371 g/mol. The summed E-state index contributed by atoms with van der Waals surface area (Å²) in [6.45, 7) is 1.34. The number of carbonyl (C=O) groups excluding carboxylic acids is 1. The molecule has 2 heterocycles. The van der Waals surface area contributed by atoms with Gasteiger partial charge in [0.15, 0.2) is 0 Å². The third-order valence-electron chi connectivity index (χ3n) is 4.81. The number of amides is 1. The van der Waals surface area contributed by atoms with Gasteiger partial charge in [-0.05, 0) is 37.1 Å². The molecule has 1 fully saturated rings. The molecule has 0 aliphatic carbocycles. The number of aliphatic imine (C=N–C) groups is 1. The summed E-state index contributed by atoms with van der Waals surface area (Å²) in [5.74, 6) is -2.07. The van der Waals surface area contributed by atoms with Gasteiger partial charge in [-0.15, -0.1) is 0 Å². The number of anilines is 2. The largest absolute Gasteiger partial charge is 0.381 e. The number of fused-ring (bicyclic) bond motifs is 1. The average Bonchev–Trinajstić information content (AvgIpc) is 2.99. The van der Waals surface area contributed by atoms with Gasteiger partial charge in [0, 0.05) is 42.8 Å². The molecule has 0 bridgehead atoms. The van der Waals surface area contributed by atoms with Crippen molar-refractivity contribution in [1.29, 1.82) is 0 Å². The molecule has 2 aliphatic rings. The number of hydrogen-bond donors (Lipinski definition) is 2. The zero-order valence-electron chi connectivity index (χ0n) is 14.5. The van der Waals surface area contributed by atoms with Crippen LogP contribution in [-0.4, -0.2) is 31.4 Å². The highest BCUT2D eigenvalue weighted by molar-refractivity contribution is 6.12. The summed E-state index contributed by atoms with van der Waals surface area (Å²) in [5, 5.41) is 5.81. The summed E-state index contributed by atoms with van der Waals surface area (Å²) in [6.07, 6.45) is 3.02. The minimum atomic E-state index is -0.829. The number of nitrogens with zero attached hydrogens (tertiary/aromatic N) is 1. The molecule has 2 aromatic rings. The average molecular weight is 371 g/mol. The van der Waals surface area contributed by atoms with E-state index in [0.29, 0.717) is 30.3 Å². The van der Waals surface area contributed by atoms with Crippen molar-refractivity contribution in [3.63, 3.8) is 0 Å². The zero-order valence-corrected chi connectivity index (χ0v) is 14.5. The van der Waals surface area contributed by atoms with Crippen LogP contribution in [0, 0.1) is 11.6 Å². The van der Waals surface area contributed by atoms with E-state index >= 15 is 0 Å². The van der Waals surface area contributed by atoms with E-state index in [2.05, 4.69) is 15.6 Å². The molecule has 4 rings (SSSR count). The van der Waals surface area contributed by atoms with E-state index in [4.69, 9.17) is 4.74 Å². The van der Waals surface area contributed by atoms with Gasteiger partial charge < -0.3 is 15.4 Å². The third kappa shape index (κ3) is 3.68. The normalized spacial score (nSPS) is 19.9. The molecule has 0 aromatic heterocycles. The van der Waals surface area contributed by atoms with Gasteiger partial charge in [-0.3, -0.25) is 9.79 Å². The Morgan fingerprint density at radius 2 is 1.96 bits per heavy atom. The van der Waals surface area contributed by atoms with Crippen molar-refractivity contribution < 1.29 is 18.3 Å². The van der Waals surface area contributed by atoms with Crippen LogP contribution in [0.5, 0.6) is 0 Å². The third-order valence-corrected chi connectivity index (χ3v) is 4.81. The molecule has 2 N–H and O–H groups in total. The van der Waals surface area contributed by atoms with Crippen molar-refractivity contribution in [3.05, 3.63) is 53.6 Å². The smallest absolute Gasteiger partial charge is 0.237 e. The quantitative estimate of drug-likeness (QED) is 0.799. The zero-order chi connectivity index (χ0) is 18.8. The molecule has 1 atom stereocenters. The molecule has 27 heavy (non-hydrogen) atoms. The van der Waals surface area contributed by atoms with Gasteiger partial charge in [0.05, 0.1) is 11.4 Å². The van der Waals surface area contributed by atoms with Gasteiger partial charge in [0.2, 0.25) is 5.91 Å². The molecule has 0 radical (unpaired) electrons. The molecule has 2 aliphatic heterocycles. The molecule has 7 heteroatoms. The second-order valence-corrected chi connectivity index (χ2v) is 6.64. The highest BCUT2D eigenvalue weighted by Crippen LogP contribution is 2.34. The highest BCUT2D eigenvalue weighted by atomic mass is 19.1. The van der Waals surface area contributed by atoms with Crippen LogP contribution >= 0.6 is 0 Å². The predicted molar refractivity (Wildman–Crippen MR) is 99.8 cm³/mol. The molecule has 1 unspecified atom stereocenters. The number of rotatable bonds is 4. The molecule has 0 spiro atoms. The van der Waals surface area contributed by atoms with E-state index in [1.807, 2.05) is 0 Å². The number of benzene rings is 2. The number of hydrogen-bond acceptors (Lipinski definition) is 4. The first kappa shape index (κ1) is 17.6. The molecule has 1 saturated heterocycles. The molecule has 5 nitrogen and oxygen atoms in total. The lowest BCUT2D eigenvalue weighted by atomic mass is 10.0. The van der Waals surface area contributed by atoms with E-state index in [-0.39, 0.29) is 17.5 Å². The summed E-state index contributed by atoms with van der Waals surface area (Å²) in [7, 11) is 0. The van der Waals surface area contributed by atoms with Gasteiger partial charge in [-0.1, -0.05) is 6.07 Å². The van der Waals surface area contributed by atoms with Gasteiger partial charge >= 0.3 is 0 Å². The summed E-state index contributed by atoms with van der Waals surface area (Å²) in [4.78, 5) is 16.3. The lowest BCUT2D eigenvalue weighted by Gasteiger charge is -2.24. The van der Waals surface area contributed by atoms with E-state index in [0.717, 1.165) is 12.8 Å². The molecule has 1 amide bonds. The lowest BCUT2D eigenvalue weighted by molar-refractivity contribution is -0.115. The van der Waals surface area contributed by atoms with Crippen LogP contribution in [0.2, 0.25) is 0 Å². The molecular formula is C20H19F2N3O2. The first-order valence-electron chi connectivity index (χ1n) is 8.89. The summed E-state index contributed by atoms with van der Waals surface area (Å²) in [6, 6.07) is 9.25. The van der Waals surface area contributed by atoms with Crippen LogP contribution in [-0.2, 0) is 9.53 Å². The van der Waals surface area contributed by atoms with Crippen LogP contribution in [0.1, 0.15) is 24.3 Å². The van der Waals surface area contributed by atoms with Gasteiger partial charge in [0.1, 0.15) is 17.6 Å². The Balaban J connectivity index is 1.50. The van der Waals surface area contributed by atoms with Crippen LogP contribution < -0.4 is 10.6 Å². The van der Waals surface area contributed by atoms with Gasteiger partial charge in [0.25, 0.3) is 0 Å². The number of nitrogens with one attached hydrogen (secondary N) is 2. The molecular weight excluding hydrogens is 352 g/mol. The first-order chi connectivity index (χ1) is 13.1. The molecule has 0 saturated carbocycles. The maximum absolute atomic E-state index is 14.4. The van der Waals surface area contributed by atoms with E-state index in [1.54, 1.807) is 18.2 Å². The minimum Gasteiger partial charge on any atom is -0.381 e. The topological polar surface area (TPSA) is 62.7 Å². The highest BCUT2D eigenvalue weighted by Gasteiger charge is 2.31. The minimum absolute atomic E-state index is 0.185. The summed E-state index contributed by atoms with van der Waals surface area (Å²) < 4.78 is 33.7. The Kier molecular flexibility index (Phi) is 4.85. The Labute approximate surface area is 155 Å². The SMILES string of the molecule is O=C1Nc2cccc(F)c2C1C=Nc1ccc(NC2CCOCC2)c(F)c1. The second kappa shape index (κ2) is 7.44. The Morgan fingerprint density at radius 1 is 1.15 bits per heavy atom. The second-order valence-electron chi connectivity index (χ2n) is 6.64. The Hall–Kier alpha value is -2.80. The van der Waals surface area contributed by atoms with E-state index in [1.165, 1.54) is 24.4 Å². The number of carbonyl (C=O) groups is 1. The standard InChI is InChI=1S/C20H19F2N3O2/c21-15-2-1-3-18-19(15)14(20(26)25-18)11-23-13-4-5-17(16(22)10-13)24-12-6-8-27-9-7-12/h1-5,10-12,14,24H,6-9H2,(H,25,26). The maximum Gasteiger partial charge on any atom is 0.237 e. The van der Waals surface area contributed by atoms with Crippen molar-refractivity contribution in [2.45, 2.75) is 24.8 Å². The van der Waals surface area contributed by atoms with Crippen molar-refractivity contribution in [3.8, 4) is 0 Å². The Bertz CT molecular complexity index is 895. The van der Waals surface area contributed by atoms with Crippen molar-refractivity contribution in [2.24, 2.45) is 4.99 Å². The number of halogens is 2. The van der Waals surface area contributed by atoms with Crippen LogP contribution in [0.4, 0.5) is 25.8 Å². The fourth-order valence-electron chi connectivity index (χ4n) is 3.37. The van der Waals surface area contributed by atoms with Crippen molar-refractivity contribution in [2.75, 3.05) is 23.8 Å². The lowest BCUT2D eigenvalue weighted by Crippen LogP contribution is -2.28. The Morgan fingerprint density at radius 3 is 2.74 bits per heavy atom. The molecule has 2 aromatic carbocycles. The fourth-order valence-corrected chi connectivity index (χ4v) is 3.37. The fraction of sp³-hybridized carbons (Fsp3) is 0.300. The van der Waals surface area contributed by atoms with Crippen molar-refractivity contribution >= 4 is 29.2 Å². The number of ether oxygens (including phenoxy) is 1. The van der Waals surface area contributed by atoms with Crippen LogP contribution in [0.25, 0.3) is 0 Å². The first-order valence-corrected chi connectivity index (χ1v) is 8.89. The van der Waals surface area contributed by atoms with Crippen LogP contribution in [0.15, 0.2) is 41.4 Å².